The summed E-state index contributed by atoms with van der Waals surface area (Å²) in [6.07, 6.45) is 3.46. The van der Waals surface area contributed by atoms with Crippen LogP contribution in [0, 0.1) is 12.8 Å². The van der Waals surface area contributed by atoms with E-state index < -0.39 is 0 Å². The Morgan fingerprint density at radius 3 is 2.89 bits per heavy atom. The number of aromatic nitrogens is 1. The minimum Gasteiger partial charge on any atom is -0.497 e. The first-order chi connectivity index (χ1) is 13.1. The predicted octanol–water partition coefficient (Wildman–Crippen LogP) is 4.47. The molecular formula is C24H28N2O. The maximum atomic E-state index is 5.56. The lowest BCUT2D eigenvalue weighted by molar-refractivity contribution is 0.0994. The van der Waals surface area contributed by atoms with Crippen LogP contribution in [-0.4, -0.2) is 37.1 Å². The molecule has 2 atom stereocenters. The molecule has 27 heavy (non-hydrogen) atoms. The summed E-state index contributed by atoms with van der Waals surface area (Å²) < 4.78 is 5.56. The van der Waals surface area contributed by atoms with Crippen LogP contribution < -0.4 is 4.74 Å². The van der Waals surface area contributed by atoms with E-state index >= 15 is 0 Å². The second-order valence-electron chi connectivity index (χ2n) is 8.56. The van der Waals surface area contributed by atoms with Gasteiger partial charge in [0, 0.05) is 28.6 Å². The third kappa shape index (κ3) is 2.52. The average Bonchev–Trinajstić information content (AvgIpc) is 3.04. The summed E-state index contributed by atoms with van der Waals surface area (Å²) in [6.45, 7) is 4.56. The monoisotopic (exact) mass is 360 g/mol. The van der Waals surface area contributed by atoms with Crippen LogP contribution in [0.1, 0.15) is 28.8 Å². The second-order valence-corrected chi connectivity index (χ2v) is 8.56. The number of benzene rings is 2. The molecule has 3 aromatic rings. The van der Waals surface area contributed by atoms with Crippen LogP contribution in [0.2, 0.25) is 0 Å². The number of rotatable bonds is 2. The molecular weight excluding hydrogens is 332 g/mol. The van der Waals surface area contributed by atoms with Crippen LogP contribution in [0.25, 0.3) is 10.9 Å². The molecule has 1 saturated heterocycles. The van der Waals surface area contributed by atoms with E-state index in [0.29, 0.717) is 5.92 Å². The second kappa shape index (κ2) is 6.13. The zero-order chi connectivity index (χ0) is 18.6. The molecule has 0 bridgehead atoms. The number of aryl methyl sites for hydroxylation is 1. The van der Waals surface area contributed by atoms with Gasteiger partial charge in [0.2, 0.25) is 0 Å². The van der Waals surface area contributed by atoms with Gasteiger partial charge in [-0.25, -0.2) is 0 Å². The maximum Gasteiger partial charge on any atom is 0.119 e. The number of fused-ring (bicyclic) bond motifs is 4. The van der Waals surface area contributed by atoms with Crippen molar-refractivity contribution in [2.75, 3.05) is 27.2 Å². The van der Waals surface area contributed by atoms with E-state index in [0.717, 1.165) is 31.7 Å². The van der Waals surface area contributed by atoms with Crippen molar-refractivity contribution in [2.45, 2.75) is 31.6 Å². The van der Waals surface area contributed by atoms with Gasteiger partial charge in [-0.05, 0) is 80.6 Å². The molecule has 0 radical (unpaired) electrons. The average molecular weight is 361 g/mol. The van der Waals surface area contributed by atoms with Gasteiger partial charge in [-0.2, -0.15) is 0 Å². The fraction of sp³-hybridized carbons (Fsp3) is 0.417. The summed E-state index contributed by atoms with van der Waals surface area (Å²) in [5.41, 5.74) is 7.34. The van der Waals surface area contributed by atoms with Crippen LogP contribution in [-0.2, 0) is 18.3 Å². The Labute approximate surface area is 161 Å². The molecule has 2 aromatic carbocycles. The highest BCUT2D eigenvalue weighted by Gasteiger charge is 2.47. The summed E-state index contributed by atoms with van der Waals surface area (Å²) in [5, 5.41) is 1.46. The molecule has 2 aliphatic rings. The zero-order valence-corrected chi connectivity index (χ0v) is 16.5. The molecule has 0 spiro atoms. The SMILES string of the molecule is COc1cccc(C23CCN(C)CC2Cc2c([nH]c4cccc(C)c24)C3)c1. The van der Waals surface area contributed by atoms with Crippen molar-refractivity contribution in [3.63, 3.8) is 0 Å². The highest BCUT2D eigenvalue weighted by Crippen LogP contribution is 2.49. The molecule has 1 aliphatic carbocycles. The van der Waals surface area contributed by atoms with Crippen LogP contribution in [0.5, 0.6) is 5.75 Å². The number of H-pyrrole nitrogens is 1. The number of nitrogens with one attached hydrogen (secondary N) is 1. The van der Waals surface area contributed by atoms with E-state index in [1.165, 1.54) is 34.1 Å². The zero-order valence-electron chi connectivity index (χ0n) is 16.5. The van der Waals surface area contributed by atoms with Gasteiger partial charge < -0.3 is 14.6 Å². The molecule has 2 unspecified atom stereocenters. The van der Waals surface area contributed by atoms with Gasteiger partial charge in [0.1, 0.15) is 5.75 Å². The van der Waals surface area contributed by atoms with Crippen LogP contribution >= 0.6 is 0 Å². The lowest BCUT2D eigenvalue weighted by Gasteiger charge is -2.50. The fourth-order valence-electron chi connectivity index (χ4n) is 5.64. The smallest absolute Gasteiger partial charge is 0.119 e. The molecule has 1 fully saturated rings. The quantitative estimate of drug-likeness (QED) is 0.730. The van der Waals surface area contributed by atoms with Crippen molar-refractivity contribution < 1.29 is 4.74 Å². The number of likely N-dealkylation sites (tertiary alicyclic amines) is 1. The Morgan fingerprint density at radius 2 is 2.04 bits per heavy atom. The molecule has 3 nitrogen and oxygen atoms in total. The molecule has 0 amide bonds. The van der Waals surface area contributed by atoms with Crippen molar-refractivity contribution in [1.82, 2.24) is 9.88 Å². The predicted molar refractivity (Wildman–Crippen MR) is 111 cm³/mol. The number of piperidine rings is 1. The van der Waals surface area contributed by atoms with Gasteiger partial charge in [0.05, 0.1) is 7.11 Å². The highest BCUT2D eigenvalue weighted by molar-refractivity contribution is 5.88. The third-order valence-electron chi connectivity index (χ3n) is 7.06. The Kier molecular flexibility index (Phi) is 3.83. The van der Waals surface area contributed by atoms with Gasteiger partial charge in [-0.3, -0.25) is 0 Å². The summed E-state index contributed by atoms with van der Waals surface area (Å²) in [5.74, 6) is 1.60. The molecule has 0 saturated carbocycles. The van der Waals surface area contributed by atoms with Crippen LogP contribution in [0.4, 0.5) is 0 Å². The largest absolute Gasteiger partial charge is 0.497 e. The first kappa shape index (κ1) is 16.9. The van der Waals surface area contributed by atoms with Gasteiger partial charge in [-0.1, -0.05) is 24.3 Å². The van der Waals surface area contributed by atoms with Gasteiger partial charge in [0.15, 0.2) is 0 Å². The number of hydrogen-bond donors (Lipinski definition) is 1. The van der Waals surface area contributed by atoms with E-state index in [9.17, 15) is 0 Å². The van der Waals surface area contributed by atoms with Gasteiger partial charge >= 0.3 is 0 Å². The highest BCUT2D eigenvalue weighted by atomic mass is 16.5. The van der Waals surface area contributed by atoms with Crippen LogP contribution in [0.15, 0.2) is 42.5 Å². The van der Waals surface area contributed by atoms with E-state index in [4.69, 9.17) is 4.74 Å². The summed E-state index contributed by atoms with van der Waals surface area (Å²) in [4.78, 5) is 6.29. The lowest BCUT2D eigenvalue weighted by atomic mass is 9.59. The Bertz CT molecular complexity index is 1000. The first-order valence-electron chi connectivity index (χ1n) is 10.0. The summed E-state index contributed by atoms with van der Waals surface area (Å²) in [6, 6.07) is 15.4. The Morgan fingerprint density at radius 1 is 1.19 bits per heavy atom. The number of methoxy groups -OCH3 is 1. The Hall–Kier alpha value is -2.26. The van der Waals surface area contributed by atoms with Gasteiger partial charge in [0.25, 0.3) is 0 Å². The molecule has 1 aliphatic heterocycles. The van der Waals surface area contributed by atoms with Crippen molar-refractivity contribution in [3.05, 3.63) is 64.8 Å². The van der Waals surface area contributed by atoms with Gasteiger partial charge in [-0.15, -0.1) is 0 Å². The molecule has 140 valence electrons. The number of ether oxygens (including phenoxy) is 1. The topological polar surface area (TPSA) is 28.3 Å². The summed E-state index contributed by atoms with van der Waals surface area (Å²) in [7, 11) is 4.04. The molecule has 3 heteroatoms. The summed E-state index contributed by atoms with van der Waals surface area (Å²) >= 11 is 0. The van der Waals surface area contributed by atoms with Crippen molar-refractivity contribution in [1.29, 1.82) is 0 Å². The molecule has 5 rings (SSSR count). The number of hydrogen-bond acceptors (Lipinski definition) is 2. The third-order valence-corrected chi connectivity index (χ3v) is 7.06. The van der Waals surface area contributed by atoms with Crippen LogP contribution in [0.3, 0.4) is 0 Å². The number of nitrogens with zero attached hydrogens (tertiary/aromatic N) is 1. The Balaban J connectivity index is 1.68. The minimum atomic E-state index is 0.197. The van der Waals surface area contributed by atoms with E-state index in [-0.39, 0.29) is 5.41 Å². The fourth-order valence-corrected chi connectivity index (χ4v) is 5.64. The van der Waals surface area contributed by atoms with E-state index in [1.807, 2.05) is 0 Å². The molecule has 2 heterocycles. The number of aromatic amines is 1. The maximum absolute atomic E-state index is 5.56. The van der Waals surface area contributed by atoms with Crippen molar-refractivity contribution in [3.8, 4) is 5.75 Å². The lowest BCUT2D eigenvalue weighted by Crippen LogP contribution is -2.52. The standard InChI is InChI=1S/C24H28N2O/c1-16-6-4-9-21-23(16)20-13-18-15-26(2)11-10-24(18,14-22(20)25-21)17-7-5-8-19(12-17)27-3/h4-9,12,18,25H,10-11,13-15H2,1-3H3. The molecule has 1 aromatic heterocycles. The molecule has 1 N–H and O–H groups in total. The first-order valence-corrected chi connectivity index (χ1v) is 10.0. The van der Waals surface area contributed by atoms with E-state index in [1.54, 1.807) is 12.7 Å². The van der Waals surface area contributed by atoms with E-state index in [2.05, 4.69) is 66.3 Å². The minimum absolute atomic E-state index is 0.197. The normalized spacial score (nSPS) is 25.2. The van der Waals surface area contributed by atoms with Crippen molar-refractivity contribution in [2.24, 2.45) is 5.92 Å². The van der Waals surface area contributed by atoms with Crippen molar-refractivity contribution >= 4 is 10.9 Å².